The predicted octanol–water partition coefficient (Wildman–Crippen LogP) is 5.01. The highest BCUT2D eigenvalue weighted by Gasteiger charge is 2.73. The van der Waals surface area contributed by atoms with Crippen molar-refractivity contribution in [1.82, 2.24) is 14.7 Å². The number of allylic oxidation sites excluding steroid dienone is 3. The molecule has 2 saturated heterocycles. The van der Waals surface area contributed by atoms with Crippen LogP contribution in [0.2, 0.25) is 5.02 Å². The van der Waals surface area contributed by atoms with E-state index in [1.54, 1.807) is 52.1 Å². The first kappa shape index (κ1) is 48.4. The zero-order valence-corrected chi connectivity index (χ0v) is 38.1. The summed E-state index contributed by atoms with van der Waals surface area (Å²) in [7, 11) is 7.72. The molecule has 8 atom stereocenters. The molecule has 2 N–H and O–H groups in total. The Morgan fingerprint density at radius 1 is 1.10 bits per heavy atom. The van der Waals surface area contributed by atoms with Crippen molar-refractivity contribution >= 4 is 53.0 Å². The van der Waals surface area contributed by atoms with Crippen molar-refractivity contribution < 1.29 is 57.9 Å². The van der Waals surface area contributed by atoms with Gasteiger partial charge in [-0.2, -0.15) is 0 Å². The van der Waals surface area contributed by atoms with Gasteiger partial charge in [-0.05, 0) is 57.2 Å². The molecule has 0 aromatic heterocycles. The number of carbonyl (C=O) groups excluding carboxylic acids is 5. The maximum absolute atomic E-state index is 14.4. The second-order valence-corrected chi connectivity index (χ2v) is 18.1. The van der Waals surface area contributed by atoms with Gasteiger partial charge in [0.25, 0.3) is 0 Å². The summed E-state index contributed by atoms with van der Waals surface area (Å²) in [5, 5.41) is 21.7. The van der Waals surface area contributed by atoms with Crippen LogP contribution in [0, 0.1) is 17.3 Å². The average Bonchev–Trinajstić information content (AvgIpc) is 3.83. The number of aliphatic hydroxyl groups excluding tert-OH is 1. The second-order valence-electron chi connectivity index (χ2n) is 17.7. The molecule has 3 aliphatic heterocycles. The minimum absolute atomic E-state index is 0.0254. The summed E-state index contributed by atoms with van der Waals surface area (Å²) in [5.74, 6) is -3.46. The standard InChI is InChI=1S/C45H63ClN4O12/c1-26-12-10-13-33(59-8)31-23-34(61-43(58)49(31)7)27(2)40(54)44(4)25-45(44,24-38(53)48(6)32-21-29(20-26)22-35(60-9)39(32)46)62-42(57)28(3)47(5)36(51)14-11-15-37(52)50-18-16-30(17-19-50)41(55)56/h10,12-13,21-22,27-28,30-31,33-34,40,54H,11,14-20,23-25H2,1-9H3,(H,55,56)/b13-10+,26-12+/t27-,28+,31-,33-,34+,40+,44-,45?/m1/s1. The zero-order chi connectivity index (χ0) is 45.8. The molecule has 1 aromatic rings. The molecule has 17 heteroatoms. The van der Waals surface area contributed by atoms with E-state index in [9.17, 15) is 39.0 Å². The van der Waals surface area contributed by atoms with Crippen molar-refractivity contribution in [2.45, 2.75) is 121 Å². The van der Waals surface area contributed by atoms with Crippen LogP contribution in [0.4, 0.5) is 10.5 Å². The maximum Gasteiger partial charge on any atom is 0.410 e. The number of carbonyl (C=O) groups is 6. The van der Waals surface area contributed by atoms with Gasteiger partial charge < -0.3 is 48.8 Å². The number of fused-ring (bicyclic) bond motifs is 5. The molecule has 16 nitrogen and oxygen atoms in total. The molecule has 1 saturated carbocycles. The molecular weight excluding hydrogens is 824 g/mol. The molecule has 5 rings (SSSR count). The molecular formula is C45H63ClN4O12. The maximum atomic E-state index is 14.4. The number of anilines is 1. The number of amides is 4. The van der Waals surface area contributed by atoms with E-state index < -0.39 is 83.1 Å². The highest BCUT2D eigenvalue weighted by molar-refractivity contribution is 6.35. The predicted molar refractivity (Wildman–Crippen MR) is 230 cm³/mol. The molecule has 1 aliphatic carbocycles. The number of likely N-dealkylation sites (tertiary alicyclic amines) is 1. The number of methoxy groups -OCH3 is 2. The number of ether oxygens (including phenoxy) is 4. The molecule has 4 bridgehead atoms. The molecule has 3 fully saturated rings. The fourth-order valence-corrected chi connectivity index (χ4v) is 9.40. The van der Waals surface area contributed by atoms with Gasteiger partial charge in [-0.25, -0.2) is 9.59 Å². The number of hydrogen-bond donors (Lipinski definition) is 2. The summed E-state index contributed by atoms with van der Waals surface area (Å²) < 4.78 is 23.6. The lowest BCUT2D eigenvalue weighted by Gasteiger charge is -2.43. The van der Waals surface area contributed by atoms with Crippen molar-refractivity contribution in [2.75, 3.05) is 53.4 Å². The third-order valence-corrected chi connectivity index (χ3v) is 14.1. The summed E-state index contributed by atoms with van der Waals surface area (Å²) in [6, 6.07) is 2.06. The quantitative estimate of drug-likeness (QED) is 0.299. The first-order valence-corrected chi connectivity index (χ1v) is 21.7. The number of carboxylic acid groups (broad SMARTS) is 1. The summed E-state index contributed by atoms with van der Waals surface area (Å²) in [6.07, 6.45) is 4.21. The van der Waals surface area contributed by atoms with Crippen molar-refractivity contribution in [3.63, 3.8) is 0 Å². The van der Waals surface area contributed by atoms with E-state index in [1.165, 1.54) is 35.8 Å². The Balaban J connectivity index is 1.40. The Hall–Kier alpha value is -4.67. The first-order valence-electron chi connectivity index (χ1n) is 21.3. The Bertz CT molecular complexity index is 1950. The van der Waals surface area contributed by atoms with Gasteiger partial charge in [-0.1, -0.05) is 49.2 Å². The number of piperidine rings is 1. The lowest BCUT2D eigenvalue weighted by Crippen LogP contribution is -2.55. The Labute approximate surface area is 369 Å². The van der Waals surface area contributed by atoms with Crippen LogP contribution in [0.15, 0.2) is 35.9 Å². The minimum Gasteiger partial charge on any atom is -0.495 e. The van der Waals surface area contributed by atoms with Gasteiger partial charge in [0, 0.05) is 78.4 Å². The van der Waals surface area contributed by atoms with Crippen LogP contribution in [-0.4, -0.2) is 145 Å². The van der Waals surface area contributed by atoms with Gasteiger partial charge >= 0.3 is 18.0 Å². The van der Waals surface area contributed by atoms with Gasteiger partial charge in [0.05, 0.1) is 43.4 Å². The van der Waals surface area contributed by atoms with E-state index in [0.29, 0.717) is 50.2 Å². The molecule has 0 spiro atoms. The van der Waals surface area contributed by atoms with Gasteiger partial charge in [0.15, 0.2) is 0 Å². The number of hydrogen-bond acceptors (Lipinski definition) is 11. The van der Waals surface area contributed by atoms with Gasteiger partial charge in [0.2, 0.25) is 17.7 Å². The van der Waals surface area contributed by atoms with Gasteiger partial charge in [-0.15, -0.1) is 0 Å². The molecule has 342 valence electrons. The molecule has 4 aliphatic rings. The first-order chi connectivity index (χ1) is 29.2. The number of aliphatic hydroxyl groups is 1. The number of benzene rings is 1. The lowest BCUT2D eigenvalue weighted by molar-refractivity contribution is -0.166. The zero-order valence-electron chi connectivity index (χ0n) is 37.4. The normalized spacial score (nSPS) is 30.3. The van der Waals surface area contributed by atoms with E-state index in [1.807, 2.05) is 25.2 Å². The largest absolute Gasteiger partial charge is 0.495 e. The number of aliphatic carboxylic acids is 1. The SMILES string of the molecule is COc1cc2cc(c1Cl)N(C)C(=O)CC1(OC(=O)[C@H](C)N(C)C(=O)CCCC(=O)N3CCC(C(=O)O)CC3)C[C@]1(C)[C@@H](O)[C@H](C)[C@@H]1C[C@H]([C@H](OC)/C=C/C=C(\C)C2)N(C)C(=O)O1. The van der Waals surface area contributed by atoms with E-state index in [0.717, 1.165) is 11.1 Å². The number of carboxylic acids is 1. The number of esters is 1. The Morgan fingerprint density at radius 3 is 2.40 bits per heavy atom. The van der Waals surface area contributed by atoms with Crippen LogP contribution in [0.5, 0.6) is 5.75 Å². The van der Waals surface area contributed by atoms with Crippen molar-refractivity contribution in [3.8, 4) is 5.75 Å². The number of nitrogens with zero attached hydrogens (tertiary/aromatic N) is 4. The van der Waals surface area contributed by atoms with Crippen molar-refractivity contribution in [3.05, 3.63) is 46.5 Å². The minimum atomic E-state index is -1.54. The summed E-state index contributed by atoms with van der Waals surface area (Å²) in [4.78, 5) is 85.0. The summed E-state index contributed by atoms with van der Waals surface area (Å²) in [6.45, 7) is 7.66. The van der Waals surface area contributed by atoms with Crippen LogP contribution in [0.1, 0.15) is 84.6 Å². The number of rotatable bonds is 10. The second kappa shape index (κ2) is 19.8. The van der Waals surface area contributed by atoms with Crippen LogP contribution in [0.25, 0.3) is 0 Å². The molecule has 0 radical (unpaired) electrons. The van der Waals surface area contributed by atoms with Crippen molar-refractivity contribution in [2.24, 2.45) is 17.3 Å². The van der Waals surface area contributed by atoms with Crippen molar-refractivity contribution in [1.29, 1.82) is 0 Å². The van der Waals surface area contributed by atoms with Crippen LogP contribution in [-0.2, 0) is 44.6 Å². The fraction of sp³-hybridized carbons (Fsp3) is 0.644. The molecule has 1 unspecified atom stereocenters. The number of halogens is 1. The molecule has 4 amide bonds. The number of likely N-dealkylation sites (N-methyl/N-ethyl adjacent to an activating group) is 2. The Kier molecular flexibility index (Phi) is 15.4. The van der Waals surface area contributed by atoms with E-state index >= 15 is 0 Å². The van der Waals surface area contributed by atoms with E-state index in [2.05, 4.69) is 0 Å². The highest BCUT2D eigenvalue weighted by atomic mass is 35.5. The molecule has 62 heavy (non-hydrogen) atoms. The van der Waals surface area contributed by atoms with E-state index in [-0.39, 0.29) is 43.0 Å². The monoisotopic (exact) mass is 886 g/mol. The Morgan fingerprint density at radius 2 is 1.77 bits per heavy atom. The van der Waals surface area contributed by atoms with Crippen LogP contribution < -0.4 is 9.64 Å². The van der Waals surface area contributed by atoms with Gasteiger partial charge in [0.1, 0.15) is 28.5 Å². The smallest absolute Gasteiger partial charge is 0.410 e. The average molecular weight is 887 g/mol. The van der Waals surface area contributed by atoms with Gasteiger partial charge in [-0.3, -0.25) is 19.2 Å². The molecule has 3 heterocycles. The summed E-state index contributed by atoms with van der Waals surface area (Å²) in [5.41, 5.74) is -0.570. The van der Waals surface area contributed by atoms with Crippen LogP contribution >= 0.6 is 11.6 Å². The topological polar surface area (TPSA) is 193 Å². The van der Waals surface area contributed by atoms with E-state index in [4.69, 9.17) is 30.5 Å². The molecule has 1 aromatic carbocycles. The third kappa shape index (κ3) is 10.2. The lowest BCUT2D eigenvalue weighted by atomic mass is 9.81. The highest BCUT2D eigenvalue weighted by Crippen LogP contribution is 2.64. The van der Waals surface area contributed by atoms with Crippen LogP contribution in [0.3, 0.4) is 0 Å². The summed E-state index contributed by atoms with van der Waals surface area (Å²) >= 11 is 6.82. The third-order valence-electron chi connectivity index (χ3n) is 13.7. The fourth-order valence-electron chi connectivity index (χ4n) is 9.09.